The van der Waals surface area contributed by atoms with E-state index in [2.05, 4.69) is 32.9 Å². The number of carbonyl (C=O) groups is 3. The largest absolute Gasteiger partial charge is 0.374 e. The molecule has 2 unspecified atom stereocenters. The van der Waals surface area contributed by atoms with Crippen LogP contribution in [0.1, 0.15) is 310 Å². The van der Waals surface area contributed by atoms with Gasteiger partial charge in [0.1, 0.15) is 5.78 Å². The lowest BCUT2D eigenvalue weighted by Crippen LogP contribution is -2.56. The Kier molecular flexibility index (Phi) is 45.6. The van der Waals surface area contributed by atoms with Crippen LogP contribution in [0.3, 0.4) is 0 Å². The Morgan fingerprint density at radius 1 is 0.410 bits per heavy atom. The number of aliphatic hydroxyl groups is 1. The van der Waals surface area contributed by atoms with Gasteiger partial charge in [-0.15, -0.1) is 0 Å². The maximum absolute atomic E-state index is 14.0. The minimum atomic E-state index is -2.26. The number of nitrogens with two attached hydrogens (primary N) is 1. The molecule has 0 radical (unpaired) electrons. The normalized spacial score (nSPS) is 13.3. The van der Waals surface area contributed by atoms with Gasteiger partial charge in [0.25, 0.3) is 0 Å². The molecule has 0 saturated carbocycles. The number of allylic oxidation sites excluding steroid dienone is 2. The van der Waals surface area contributed by atoms with Gasteiger partial charge in [0, 0.05) is 19.4 Å². The molecule has 0 fully saturated rings. The number of rotatable bonds is 51. The predicted octanol–water partition coefficient (Wildman–Crippen LogP) is 17.2. The summed E-state index contributed by atoms with van der Waals surface area (Å²) in [5.74, 6) is -2.17. The molecule has 2 atom stereocenters. The van der Waals surface area contributed by atoms with Crippen LogP contribution >= 0.6 is 0 Å². The summed E-state index contributed by atoms with van der Waals surface area (Å²) < 4.78 is 0. The number of ketones is 3. The van der Waals surface area contributed by atoms with Crippen molar-refractivity contribution in [2.24, 2.45) is 11.7 Å². The molecule has 0 spiro atoms. The Morgan fingerprint density at radius 3 is 1.02 bits per heavy atom. The Bertz CT molecular complexity index is 993. The van der Waals surface area contributed by atoms with Gasteiger partial charge < -0.3 is 10.8 Å². The van der Waals surface area contributed by atoms with Gasteiger partial charge >= 0.3 is 0 Å². The van der Waals surface area contributed by atoms with Crippen molar-refractivity contribution in [2.45, 2.75) is 315 Å². The molecule has 0 heterocycles. The van der Waals surface area contributed by atoms with Crippen molar-refractivity contribution < 1.29 is 19.5 Å². The lowest BCUT2D eigenvalue weighted by molar-refractivity contribution is -0.154. The highest BCUT2D eigenvalue weighted by Crippen LogP contribution is 2.25. The van der Waals surface area contributed by atoms with Gasteiger partial charge in [-0.2, -0.15) is 0 Å². The van der Waals surface area contributed by atoms with Crippen LogP contribution in [-0.2, 0) is 14.4 Å². The maximum atomic E-state index is 14.0. The van der Waals surface area contributed by atoms with Crippen LogP contribution in [0.5, 0.6) is 0 Å². The topological polar surface area (TPSA) is 97.5 Å². The van der Waals surface area contributed by atoms with Crippen molar-refractivity contribution in [3.63, 3.8) is 0 Å². The highest BCUT2D eigenvalue weighted by molar-refractivity contribution is 6.17. The number of hydrogen-bond donors (Lipinski definition) is 2. The summed E-state index contributed by atoms with van der Waals surface area (Å²) in [5, 5.41) is 11.5. The fourth-order valence-electron chi connectivity index (χ4n) is 9.03. The third-order valence-electron chi connectivity index (χ3n) is 13.4. The first-order chi connectivity index (χ1) is 29.9. The zero-order chi connectivity index (χ0) is 44.8. The van der Waals surface area contributed by atoms with Crippen molar-refractivity contribution in [2.75, 3.05) is 6.54 Å². The average Bonchev–Trinajstić information content (AvgIpc) is 3.27. The van der Waals surface area contributed by atoms with Gasteiger partial charge in [-0.1, -0.05) is 264 Å². The molecule has 5 heteroatoms. The van der Waals surface area contributed by atoms with Gasteiger partial charge in [0.15, 0.2) is 17.2 Å². The summed E-state index contributed by atoms with van der Waals surface area (Å²) in [6, 6.07) is 0. The van der Waals surface area contributed by atoms with Gasteiger partial charge in [0.2, 0.25) is 0 Å². The van der Waals surface area contributed by atoms with Crippen LogP contribution in [0.25, 0.3) is 0 Å². The molecule has 0 aromatic heterocycles. The molecule has 0 saturated heterocycles. The molecule has 0 aromatic rings. The number of unbranched alkanes of at least 4 members (excludes halogenated alkanes) is 38. The van der Waals surface area contributed by atoms with Crippen molar-refractivity contribution >= 4 is 17.3 Å². The van der Waals surface area contributed by atoms with Crippen molar-refractivity contribution in [3.05, 3.63) is 12.2 Å². The van der Waals surface area contributed by atoms with E-state index < -0.39 is 29.6 Å². The van der Waals surface area contributed by atoms with Gasteiger partial charge in [-0.05, 0) is 44.9 Å². The second-order valence-corrected chi connectivity index (χ2v) is 19.3. The summed E-state index contributed by atoms with van der Waals surface area (Å²) in [6.07, 6.45) is 57.0. The van der Waals surface area contributed by atoms with Crippen LogP contribution in [0.15, 0.2) is 12.2 Å². The minimum Gasteiger partial charge on any atom is -0.374 e. The van der Waals surface area contributed by atoms with Gasteiger partial charge in [-0.3, -0.25) is 14.4 Å². The molecule has 0 rings (SSSR count). The van der Waals surface area contributed by atoms with E-state index in [4.69, 9.17) is 5.73 Å². The van der Waals surface area contributed by atoms with Crippen LogP contribution in [0, 0.1) is 5.92 Å². The Balaban J connectivity index is 4.73. The van der Waals surface area contributed by atoms with E-state index in [0.29, 0.717) is 19.3 Å². The number of Topliss-reactive ketones (excluding diaryl/α,β-unsaturated/α-hetero) is 3. The summed E-state index contributed by atoms with van der Waals surface area (Å²) >= 11 is 0. The summed E-state index contributed by atoms with van der Waals surface area (Å²) in [4.78, 5) is 41.1. The summed E-state index contributed by atoms with van der Waals surface area (Å²) in [5.41, 5.74) is 3.76. The number of hydrogen-bond acceptors (Lipinski definition) is 5. The Labute approximate surface area is 381 Å². The molecule has 61 heavy (non-hydrogen) atoms. The zero-order valence-electron chi connectivity index (χ0n) is 41.5. The second-order valence-electron chi connectivity index (χ2n) is 19.3. The first kappa shape index (κ1) is 59.7. The quantitative estimate of drug-likeness (QED) is 0.0361. The third kappa shape index (κ3) is 36.7. The zero-order valence-corrected chi connectivity index (χ0v) is 41.5. The first-order valence-corrected chi connectivity index (χ1v) is 27.6. The van der Waals surface area contributed by atoms with Gasteiger partial charge in [-0.25, -0.2) is 0 Å². The Morgan fingerprint density at radius 2 is 0.689 bits per heavy atom. The van der Waals surface area contributed by atoms with Crippen LogP contribution in [0.4, 0.5) is 0 Å². The molecule has 0 aliphatic carbocycles. The van der Waals surface area contributed by atoms with Crippen LogP contribution in [-0.4, -0.2) is 34.6 Å². The fourth-order valence-corrected chi connectivity index (χ4v) is 9.03. The SMILES string of the molecule is CCCCCCCC/C=C\CCCCCCCC(=O)C(CCCCCCCCCCCCCCCC)C(=O)C(O)(CN)C(=O)CCCCCCCCCCCCCCCCC. The van der Waals surface area contributed by atoms with Crippen molar-refractivity contribution in [3.8, 4) is 0 Å². The third-order valence-corrected chi connectivity index (χ3v) is 13.4. The van der Waals surface area contributed by atoms with E-state index in [-0.39, 0.29) is 12.2 Å². The minimum absolute atomic E-state index is 0.107. The molecule has 0 amide bonds. The monoisotopic (exact) mass is 858 g/mol. The molecule has 360 valence electrons. The van der Waals surface area contributed by atoms with E-state index in [1.807, 2.05) is 0 Å². The standard InChI is InChI=1S/C56H107NO4/c1-4-7-10-13-16-19-22-25-28-31-34-37-40-43-46-49-53(58)52(48-45-42-39-36-33-30-27-24-21-18-15-12-9-6-3)55(60)56(61,51-57)54(59)50-47-44-41-38-35-32-29-26-23-20-17-14-11-8-5-2/h25,28,52,61H,4-24,26-27,29-51,57H2,1-3H3/b28-25-. The van der Waals surface area contributed by atoms with E-state index in [9.17, 15) is 19.5 Å². The van der Waals surface area contributed by atoms with E-state index in [1.165, 1.54) is 193 Å². The second kappa shape index (κ2) is 46.7. The van der Waals surface area contributed by atoms with E-state index in [0.717, 1.165) is 70.6 Å². The van der Waals surface area contributed by atoms with Crippen LogP contribution < -0.4 is 5.73 Å². The molecule has 0 aliphatic heterocycles. The molecule has 5 nitrogen and oxygen atoms in total. The van der Waals surface area contributed by atoms with E-state index in [1.54, 1.807) is 0 Å². The highest BCUT2D eigenvalue weighted by Gasteiger charge is 2.46. The van der Waals surface area contributed by atoms with Crippen LogP contribution in [0.2, 0.25) is 0 Å². The molecule has 0 aromatic carbocycles. The molecule has 3 N–H and O–H groups in total. The van der Waals surface area contributed by atoms with E-state index >= 15 is 0 Å². The lowest BCUT2D eigenvalue weighted by Gasteiger charge is -2.28. The van der Waals surface area contributed by atoms with Gasteiger partial charge in [0.05, 0.1) is 5.92 Å². The van der Waals surface area contributed by atoms with Crippen molar-refractivity contribution in [1.29, 1.82) is 0 Å². The summed E-state index contributed by atoms with van der Waals surface area (Å²) in [7, 11) is 0. The van der Waals surface area contributed by atoms with Crippen molar-refractivity contribution in [1.82, 2.24) is 0 Å². The summed E-state index contributed by atoms with van der Waals surface area (Å²) in [6.45, 7) is 6.36. The highest BCUT2D eigenvalue weighted by atomic mass is 16.3. The molecular weight excluding hydrogens is 751 g/mol. The maximum Gasteiger partial charge on any atom is 0.194 e. The average molecular weight is 858 g/mol. The molecule has 0 bridgehead atoms. The predicted molar refractivity (Wildman–Crippen MR) is 266 cm³/mol. The molecule has 0 aliphatic rings. The molecular formula is C56H107NO4. The number of carbonyl (C=O) groups excluding carboxylic acids is 3. The lowest BCUT2D eigenvalue weighted by atomic mass is 9.78. The fraction of sp³-hybridized carbons (Fsp3) is 0.911. The first-order valence-electron chi connectivity index (χ1n) is 27.6. The Hall–Kier alpha value is -1.33. The smallest absolute Gasteiger partial charge is 0.194 e.